The van der Waals surface area contributed by atoms with Crippen LogP contribution in [0.5, 0.6) is 0 Å². The second-order valence-corrected chi connectivity index (χ2v) is 8.40. The van der Waals surface area contributed by atoms with Crippen molar-refractivity contribution in [3.05, 3.63) is 65.0 Å². The Morgan fingerprint density at radius 1 is 1.07 bits per heavy atom. The molecular formula is C24H23N3O2S. The summed E-state index contributed by atoms with van der Waals surface area (Å²) in [6.07, 6.45) is 0.343. The van der Waals surface area contributed by atoms with E-state index < -0.39 is 0 Å². The van der Waals surface area contributed by atoms with E-state index in [1.165, 1.54) is 10.9 Å². The van der Waals surface area contributed by atoms with Crippen molar-refractivity contribution in [2.24, 2.45) is 7.05 Å². The predicted molar refractivity (Wildman–Crippen MR) is 121 cm³/mol. The number of hydrogen-bond acceptors (Lipinski definition) is 4. The summed E-state index contributed by atoms with van der Waals surface area (Å²) < 4.78 is 7.59. The van der Waals surface area contributed by atoms with Gasteiger partial charge in [-0.15, -0.1) is 11.3 Å². The lowest BCUT2D eigenvalue weighted by molar-refractivity contribution is -0.134. The van der Waals surface area contributed by atoms with E-state index in [0.29, 0.717) is 32.7 Å². The van der Waals surface area contributed by atoms with E-state index in [4.69, 9.17) is 9.72 Å². The Bertz CT molecular complexity index is 1190. The van der Waals surface area contributed by atoms with Crippen LogP contribution < -0.4 is 0 Å². The number of fused-ring (bicyclic) bond motifs is 1. The minimum absolute atomic E-state index is 0.125. The number of aromatic nitrogens is 2. The molecule has 1 aliphatic rings. The summed E-state index contributed by atoms with van der Waals surface area (Å²) in [7, 11) is 2.10. The molecule has 0 aliphatic carbocycles. The lowest BCUT2D eigenvalue weighted by Gasteiger charge is -2.26. The second-order valence-electron chi connectivity index (χ2n) is 7.46. The first-order valence-electron chi connectivity index (χ1n) is 10.2. The molecule has 0 bridgehead atoms. The number of carbonyl (C=O) groups excluding carboxylic acids is 1. The number of nitrogens with zero attached hydrogens (tertiary/aromatic N) is 3. The smallest absolute Gasteiger partial charge is 0.229 e. The van der Waals surface area contributed by atoms with Gasteiger partial charge in [0.2, 0.25) is 5.91 Å². The highest BCUT2D eigenvalue weighted by Crippen LogP contribution is 2.40. The molecule has 0 radical (unpaired) electrons. The summed E-state index contributed by atoms with van der Waals surface area (Å²) in [4.78, 5) is 19.4. The van der Waals surface area contributed by atoms with Crippen molar-refractivity contribution in [3.63, 3.8) is 0 Å². The van der Waals surface area contributed by atoms with Gasteiger partial charge in [-0.3, -0.25) is 4.79 Å². The number of ether oxygens (including phenoxy) is 1. The van der Waals surface area contributed by atoms with E-state index >= 15 is 0 Å². The van der Waals surface area contributed by atoms with Gasteiger partial charge in [-0.1, -0.05) is 48.5 Å². The van der Waals surface area contributed by atoms with Gasteiger partial charge in [-0.25, -0.2) is 4.98 Å². The first-order valence-corrected chi connectivity index (χ1v) is 11.0. The number of para-hydroxylation sites is 1. The Morgan fingerprint density at radius 3 is 2.60 bits per heavy atom. The molecule has 1 fully saturated rings. The summed E-state index contributed by atoms with van der Waals surface area (Å²) in [5.74, 6) is 0.125. The molecule has 0 spiro atoms. The number of thiazole rings is 1. The molecule has 5 nitrogen and oxygen atoms in total. The van der Waals surface area contributed by atoms with Crippen LogP contribution in [0.4, 0.5) is 0 Å². The van der Waals surface area contributed by atoms with Crippen LogP contribution >= 0.6 is 11.3 Å². The van der Waals surface area contributed by atoms with Gasteiger partial charge in [0.25, 0.3) is 0 Å². The first kappa shape index (κ1) is 19.0. The van der Waals surface area contributed by atoms with Gasteiger partial charge < -0.3 is 14.2 Å². The molecule has 3 heterocycles. The van der Waals surface area contributed by atoms with E-state index in [9.17, 15) is 4.79 Å². The van der Waals surface area contributed by atoms with Crippen LogP contribution in [-0.2, 0) is 23.0 Å². The van der Waals surface area contributed by atoms with Crippen molar-refractivity contribution in [1.29, 1.82) is 0 Å². The molecule has 4 aromatic rings. The zero-order valence-corrected chi connectivity index (χ0v) is 17.7. The molecule has 0 unspecified atom stereocenters. The zero-order valence-electron chi connectivity index (χ0n) is 16.9. The van der Waals surface area contributed by atoms with Crippen molar-refractivity contribution in [3.8, 4) is 22.5 Å². The number of morpholine rings is 1. The summed E-state index contributed by atoms with van der Waals surface area (Å²) in [6, 6.07) is 18.8. The fraction of sp³-hybridized carbons (Fsp3) is 0.250. The van der Waals surface area contributed by atoms with Gasteiger partial charge >= 0.3 is 0 Å². The topological polar surface area (TPSA) is 47.4 Å². The Labute approximate surface area is 179 Å². The highest BCUT2D eigenvalue weighted by atomic mass is 32.1. The number of hydrogen-bond donors (Lipinski definition) is 0. The summed E-state index contributed by atoms with van der Waals surface area (Å²) >= 11 is 1.56. The van der Waals surface area contributed by atoms with E-state index in [2.05, 4.69) is 65.5 Å². The molecule has 2 aromatic heterocycles. The van der Waals surface area contributed by atoms with Gasteiger partial charge in [0.1, 0.15) is 5.01 Å². The fourth-order valence-electron chi connectivity index (χ4n) is 4.15. The Hall–Kier alpha value is -2.96. The Kier molecular flexibility index (Phi) is 5.11. The lowest BCUT2D eigenvalue weighted by atomic mass is 10.0. The number of aryl methyl sites for hydroxylation is 1. The Balaban J connectivity index is 1.55. The van der Waals surface area contributed by atoms with Crippen molar-refractivity contribution < 1.29 is 9.53 Å². The molecule has 0 N–H and O–H groups in total. The highest BCUT2D eigenvalue weighted by Gasteiger charge is 2.22. The second kappa shape index (κ2) is 8.05. The number of rotatable bonds is 4. The average Bonchev–Trinajstić information content (AvgIpc) is 3.37. The molecule has 2 aromatic carbocycles. The van der Waals surface area contributed by atoms with Crippen molar-refractivity contribution in [2.45, 2.75) is 6.42 Å². The molecule has 0 saturated carbocycles. The van der Waals surface area contributed by atoms with Crippen molar-refractivity contribution in [1.82, 2.24) is 14.5 Å². The normalized spacial score (nSPS) is 14.4. The van der Waals surface area contributed by atoms with Crippen LogP contribution in [0.1, 0.15) is 5.01 Å². The van der Waals surface area contributed by atoms with Gasteiger partial charge in [-0.2, -0.15) is 0 Å². The quantitative estimate of drug-likeness (QED) is 0.495. The SMILES string of the molecule is Cn1c(-c2ccccc2)c(-c2csc(CC(=O)N3CCOCC3)n2)c2ccccc21. The van der Waals surface area contributed by atoms with Crippen LogP contribution in [-0.4, -0.2) is 46.7 Å². The van der Waals surface area contributed by atoms with E-state index in [0.717, 1.165) is 27.5 Å². The highest BCUT2D eigenvalue weighted by molar-refractivity contribution is 7.10. The van der Waals surface area contributed by atoms with Gasteiger partial charge in [0.15, 0.2) is 0 Å². The molecule has 152 valence electrons. The molecule has 30 heavy (non-hydrogen) atoms. The van der Waals surface area contributed by atoms with Crippen LogP contribution in [0, 0.1) is 0 Å². The van der Waals surface area contributed by atoms with Gasteiger partial charge in [-0.05, 0) is 11.6 Å². The molecule has 0 atom stereocenters. The first-order chi connectivity index (χ1) is 14.7. The maximum absolute atomic E-state index is 12.7. The molecule has 1 saturated heterocycles. The average molecular weight is 418 g/mol. The fourth-order valence-corrected chi connectivity index (χ4v) is 4.92. The van der Waals surface area contributed by atoms with E-state index in [1.54, 1.807) is 11.3 Å². The van der Waals surface area contributed by atoms with Crippen molar-refractivity contribution >= 4 is 28.1 Å². The lowest BCUT2D eigenvalue weighted by Crippen LogP contribution is -2.41. The van der Waals surface area contributed by atoms with Gasteiger partial charge in [0.05, 0.1) is 31.0 Å². The molecule has 5 rings (SSSR count). The van der Waals surface area contributed by atoms with Crippen LogP contribution in [0.2, 0.25) is 0 Å². The largest absolute Gasteiger partial charge is 0.378 e. The van der Waals surface area contributed by atoms with Gasteiger partial charge in [0, 0.05) is 42.0 Å². The predicted octanol–water partition coefficient (Wildman–Crippen LogP) is 4.37. The summed E-state index contributed by atoms with van der Waals surface area (Å²) in [5, 5.41) is 4.11. The Morgan fingerprint density at radius 2 is 1.80 bits per heavy atom. The maximum Gasteiger partial charge on any atom is 0.229 e. The molecule has 6 heteroatoms. The minimum atomic E-state index is 0.125. The third-order valence-corrected chi connectivity index (χ3v) is 6.48. The standard InChI is InChI=1S/C24H23N3O2S/c1-26-20-10-6-5-9-18(20)23(24(26)17-7-3-2-4-8-17)19-16-30-21(25-19)15-22(28)27-11-13-29-14-12-27/h2-10,16H,11-15H2,1H3. The number of benzene rings is 2. The third-order valence-electron chi connectivity index (χ3n) is 5.63. The zero-order chi connectivity index (χ0) is 20.5. The summed E-state index contributed by atoms with van der Waals surface area (Å²) in [5.41, 5.74) is 5.53. The van der Waals surface area contributed by atoms with Crippen LogP contribution in [0.25, 0.3) is 33.4 Å². The summed E-state index contributed by atoms with van der Waals surface area (Å²) in [6.45, 7) is 2.56. The van der Waals surface area contributed by atoms with Crippen LogP contribution in [0.15, 0.2) is 60.0 Å². The van der Waals surface area contributed by atoms with Crippen molar-refractivity contribution in [2.75, 3.05) is 26.3 Å². The van der Waals surface area contributed by atoms with E-state index in [1.807, 2.05) is 11.0 Å². The van der Waals surface area contributed by atoms with Crippen LogP contribution in [0.3, 0.4) is 0 Å². The number of carbonyl (C=O) groups is 1. The number of amides is 1. The molecule has 1 amide bonds. The van der Waals surface area contributed by atoms with E-state index in [-0.39, 0.29) is 5.91 Å². The molecular weight excluding hydrogens is 394 g/mol. The maximum atomic E-state index is 12.7. The monoisotopic (exact) mass is 417 g/mol. The third kappa shape index (κ3) is 3.42. The minimum Gasteiger partial charge on any atom is -0.378 e. The molecule has 1 aliphatic heterocycles.